The summed E-state index contributed by atoms with van der Waals surface area (Å²) in [6, 6.07) is 10.3. The van der Waals surface area contributed by atoms with Crippen LogP contribution in [0.1, 0.15) is 44.6 Å². The average molecular weight is 395 g/mol. The summed E-state index contributed by atoms with van der Waals surface area (Å²) in [5, 5.41) is 14.5. The van der Waals surface area contributed by atoms with Crippen molar-refractivity contribution >= 4 is 33.8 Å². The Morgan fingerprint density at radius 1 is 1.18 bits per heavy atom. The van der Waals surface area contributed by atoms with Crippen LogP contribution in [0.2, 0.25) is 0 Å². The van der Waals surface area contributed by atoms with Gasteiger partial charge in [-0.25, -0.2) is 0 Å². The molecule has 0 radical (unpaired) electrons. The van der Waals surface area contributed by atoms with Crippen LogP contribution in [-0.4, -0.2) is 26.4 Å². The van der Waals surface area contributed by atoms with Gasteiger partial charge in [-0.3, -0.25) is 14.0 Å². The first-order valence-electron chi connectivity index (χ1n) is 8.59. The number of carbonyl (C=O) groups excluding carboxylic acids is 2. The summed E-state index contributed by atoms with van der Waals surface area (Å²) < 4.78 is 6.91. The van der Waals surface area contributed by atoms with Gasteiger partial charge in [0.2, 0.25) is 0 Å². The number of fused-ring (bicyclic) bond motifs is 1. The predicted molar refractivity (Wildman–Crippen MR) is 105 cm³/mol. The predicted octanol–water partition coefficient (Wildman–Crippen LogP) is 3.44. The Bertz CT molecular complexity index is 1150. The Kier molecular flexibility index (Phi) is 4.66. The van der Waals surface area contributed by atoms with E-state index >= 15 is 0 Å². The third kappa shape index (κ3) is 3.39. The normalized spacial score (nSPS) is 12.1. The third-order valence-electron chi connectivity index (χ3n) is 4.18. The molecule has 0 fully saturated rings. The lowest BCUT2D eigenvalue weighted by molar-refractivity contribution is 0.0940. The van der Waals surface area contributed by atoms with E-state index in [-0.39, 0.29) is 23.6 Å². The number of aromatic nitrogens is 3. The van der Waals surface area contributed by atoms with Gasteiger partial charge in [0, 0.05) is 6.20 Å². The molecule has 0 saturated carbocycles. The standard InChI is InChI=1S/C19H17N5O3S/c1-11-10-15(21-18(25)13-6-5-9-27-13)28-16(11)19(26)20-12(2)17-23-22-14-7-3-4-8-24(14)17/h3-10,12H,1-2H3,(H,20,26)(H,21,25). The lowest BCUT2D eigenvalue weighted by Crippen LogP contribution is -2.27. The minimum Gasteiger partial charge on any atom is -0.459 e. The van der Waals surface area contributed by atoms with Crippen LogP contribution in [0.15, 0.2) is 53.3 Å². The first-order chi connectivity index (χ1) is 13.5. The summed E-state index contributed by atoms with van der Waals surface area (Å²) >= 11 is 1.21. The molecule has 0 spiro atoms. The Balaban J connectivity index is 1.49. The van der Waals surface area contributed by atoms with Crippen molar-refractivity contribution in [2.45, 2.75) is 19.9 Å². The van der Waals surface area contributed by atoms with Gasteiger partial charge in [0.05, 0.1) is 22.2 Å². The number of amides is 2. The van der Waals surface area contributed by atoms with Crippen LogP contribution in [-0.2, 0) is 0 Å². The highest BCUT2D eigenvalue weighted by atomic mass is 32.1. The first kappa shape index (κ1) is 17.9. The molecule has 0 aliphatic carbocycles. The molecule has 4 aromatic rings. The largest absolute Gasteiger partial charge is 0.459 e. The molecule has 28 heavy (non-hydrogen) atoms. The van der Waals surface area contributed by atoms with E-state index in [0.29, 0.717) is 21.3 Å². The van der Waals surface area contributed by atoms with Gasteiger partial charge in [-0.15, -0.1) is 21.5 Å². The summed E-state index contributed by atoms with van der Waals surface area (Å²) in [4.78, 5) is 25.4. The summed E-state index contributed by atoms with van der Waals surface area (Å²) in [6.45, 7) is 3.68. The van der Waals surface area contributed by atoms with Gasteiger partial charge in [0.25, 0.3) is 11.8 Å². The van der Waals surface area contributed by atoms with E-state index in [0.717, 1.165) is 5.56 Å². The van der Waals surface area contributed by atoms with Crippen LogP contribution in [0.4, 0.5) is 5.00 Å². The van der Waals surface area contributed by atoms with Gasteiger partial charge in [-0.2, -0.15) is 0 Å². The second-order valence-electron chi connectivity index (χ2n) is 6.24. The Labute approximate surface area is 164 Å². The van der Waals surface area contributed by atoms with Crippen LogP contribution in [0.25, 0.3) is 5.65 Å². The maximum absolute atomic E-state index is 12.7. The fraction of sp³-hybridized carbons (Fsp3) is 0.158. The topological polar surface area (TPSA) is 102 Å². The van der Waals surface area contributed by atoms with Crippen molar-refractivity contribution in [3.05, 3.63) is 70.9 Å². The van der Waals surface area contributed by atoms with E-state index in [1.807, 2.05) is 42.6 Å². The smallest absolute Gasteiger partial charge is 0.291 e. The fourth-order valence-electron chi connectivity index (χ4n) is 2.83. The molecule has 4 rings (SSSR count). The molecular formula is C19H17N5O3S. The van der Waals surface area contributed by atoms with Gasteiger partial charge in [0.15, 0.2) is 17.2 Å². The van der Waals surface area contributed by atoms with Crippen molar-refractivity contribution < 1.29 is 14.0 Å². The van der Waals surface area contributed by atoms with Crippen LogP contribution in [0.3, 0.4) is 0 Å². The van der Waals surface area contributed by atoms with E-state index in [2.05, 4.69) is 20.8 Å². The summed E-state index contributed by atoms with van der Waals surface area (Å²) in [5.41, 5.74) is 1.49. The zero-order valence-electron chi connectivity index (χ0n) is 15.2. The van der Waals surface area contributed by atoms with E-state index < -0.39 is 0 Å². The molecule has 0 aromatic carbocycles. The average Bonchev–Trinajstić information content (AvgIpc) is 3.41. The van der Waals surface area contributed by atoms with Gasteiger partial charge in [-0.05, 0) is 49.7 Å². The number of anilines is 1. The molecular weight excluding hydrogens is 378 g/mol. The molecule has 1 unspecified atom stereocenters. The maximum atomic E-state index is 12.7. The zero-order valence-corrected chi connectivity index (χ0v) is 16.0. The fourth-order valence-corrected chi connectivity index (χ4v) is 3.80. The molecule has 1 atom stereocenters. The lowest BCUT2D eigenvalue weighted by Gasteiger charge is -2.12. The van der Waals surface area contributed by atoms with Crippen molar-refractivity contribution in [2.75, 3.05) is 5.32 Å². The Morgan fingerprint density at radius 2 is 2.04 bits per heavy atom. The first-order valence-corrected chi connectivity index (χ1v) is 9.40. The molecule has 8 nitrogen and oxygen atoms in total. The van der Waals surface area contributed by atoms with Gasteiger partial charge >= 0.3 is 0 Å². The number of nitrogens with zero attached hydrogens (tertiary/aromatic N) is 3. The number of aryl methyl sites for hydroxylation is 1. The lowest BCUT2D eigenvalue weighted by atomic mass is 10.2. The number of carbonyl (C=O) groups is 2. The SMILES string of the molecule is Cc1cc(NC(=O)c2ccco2)sc1C(=O)NC(C)c1nnc2ccccn12. The van der Waals surface area contributed by atoms with Crippen molar-refractivity contribution in [1.29, 1.82) is 0 Å². The maximum Gasteiger partial charge on any atom is 0.291 e. The van der Waals surface area contributed by atoms with Crippen LogP contribution in [0, 0.1) is 6.92 Å². The highest BCUT2D eigenvalue weighted by Gasteiger charge is 2.20. The Hall–Kier alpha value is -3.46. The number of thiophene rings is 1. The number of hydrogen-bond donors (Lipinski definition) is 2. The van der Waals surface area contributed by atoms with Gasteiger partial charge in [0.1, 0.15) is 0 Å². The number of pyridine rings is 1. The van der Waals surface area contributed by atoms with E-state index in [9.17, 15) is 9.59 Å². The quantitative estimate of drug-likeness (QED) is 0.539. The number of nitrogens with one attached hydrogen (secondary N) is 2. The minimum absolute atomic E-state index is 0.212. The molecule has 4 aromatic heterocycles. The van der Waals surface area contributed by atoms with Crippen LogP contribution >= 0.6 is 11.3 Å². The molecule has 0 bridgehead atoms. The zero-order chi connectivity index (χ0) is 19.7. The monoisotopic (exact) mass is 395 g/mol. The van der Waals surface area contributed by atoms with E-state index in [1.54, 1.807) is 18.2 Å². The van der Waals surface area contributed by atoms with E-state index in [4.69, 9.17) is 4.42 Å². The van der Waals surface area contributed by atoms with Crippen molar-refractivity contribution in [1.82, 2.24) is 19.9 Å². The molecule has 2 amide bonds. The molecule has 0 aliphatic rings. The summed E-state index contributed by atoms with van der Waals surface area (Å²) in [7, 11) is 0. The molecule has 2 N–H and O–H groups in total. The van der Waals surface area contributed by atoms with Gasteiger partial charge in [-0.1, -0.05) is 6.07 Å². The van der Waals surface area contributed by atoms with Gasteiger partial charge < -0.3 is 15.1 Å². The highest BCUT2D eigenvalue weighted by molar-refractivity contribution is 7.18. The van der Waals surface area contributed by atoms with E-state index in [1.165, 1.54) is 17.6 Å². The molecule has 4 heterocycles. The van der Waals surface area contributed by atoms with Crippen molar-refractivity contribution in [3.63, 3.8) is 0 Å². The number of hydrogen-bond acceptors (Lipinski definition) is 6. The second-order valence-corrected chi connectivity index (χ2v) is 7.29. The van der Waals surface area contributed by atoms with Crippen LogP contribution < -0.4 is 10.6 Å². The van der Waals surface area contributed by atoms with Crippen molar-refractivity contribution in [3.8, 4) is 0 Å². The second kappa shape index (κ2) is 7.28. The van der Waals surface area contributed by atoms with Crippen molar-refractivity contribution in [2.24, 2.45) is 0 Å². The molecule has 9 heteroatoms. The highest BCUT2D eigenvalue weighted by Crippen LogP contribution is 2.27. The minimum atomic E-state index is -0.360. The summed E-state index contributed by atoms with van der Waals surface area (Å²) in [6.07, 6.45) is 3.29. The molecule has 142 valence electrons. The molecule has 0 aliphatic heterocycles. The Morgan fingerprint density at radius 3 is 2.82 bits per heavy atom. The number of furan rings is 1. The summed E-state index contributed by atoms with van der Waals surface area (Å²) in [5.74, 6) is 0.261. The third-order valence-corrected chi connectivity index (χ3v) is 5.33. The van der Waals surface area contributed by atoms with Crippen LogP contribution in [0.5, 0.6) is 0 Å². The number of rotatable bonds is 5. The molecule has 0 saturated heterocycles.